The van der Waals surface area contributed by atoms with Crippen LogP contribution in [0.3, 0.4) is 0 Å². The first-order valence-electron chi connectivity index (χ1n) is 5.69. The molecule has 1 rings (SSSR count). The van der Waals surface area contributed by atoms with Gasteiger partial charge in [-0.15, -0.1) is 0 Å². The van der Waals surface area contributed by atoms with E-state index in [9.17, 15) is 4.79 Å². The number of carbonyl (C=O) groups excluding carboxylic acids is 1. The van der Waals surface area contributed by atoms with Crippen LogP contribution >= 0.6 is 0 Å². The highest BCUT2D eigenvalue weighted by Crippen LogP contribution is 2.09. The van der Waals surface area contributed by atoms with Gasteiger partial charge in [-0.1, -0.05) is 0 Å². The molecule has 0 aliphatic rings. The molecule has 96 valence electrons. The van der Waals surface area contributed by atoms with Crippen molar-refractivity contribution in [3.8, 4) is 0 Å². The smallest absolute Gasteiger partial charge is 0.228 e. The quantitative estimate of drug-likeness (QED) is 0.755. The molecular formula is C11H20N4O2. The SMILES string of the molecule is CCOC(CN)CC(=O)Nc1cc(C)nn1C. The molecule has 0 aromatic carbocycles. The second-order valence-electron chi connectivity index (χ2n) is 3.86. The number of nitrogens with zero attached hydrogens (tertiary/aromatic N) is 2. The molecule has 1 unspecified atom stereocenters. The molecule has 0 bridgehead atoms. The van der Waals surface area contributed by atoms with Crippen LogP contribution in [0.5, 0.6) is 0 Å². The number of hydrogen-bond acceptors (Lipinski definition) is 4. The third kappa shape index (κ3) is 4.16. The Labute approximate surface area is 101 Å². The molecule has 0 saturated carbocycles. The predicted octanol–water partition coefficient (Wildman–Crippen LogP) is 0.421. The van der Waals surface area contributed by atoms with Crippen molar-refractivity contribution in [3.05, 3.63) is 11.8 Å². The molecule has 0 aliphatic heterocycles. The number of rotatable bonds is 6. The molecule has 1 amide bonds. The summed E-state index contributed by atoms with van der Waals surface area (Å²) in [5.41, 5.74) is 6.38. The molecule has 0 saturated heterocycles. The number of amides is 1. The van der Waals surface area contributed by atoms with Gasteiger partial charge in [-0.2, -0.15) is 5.10 Å². The Bertz CT molecular complexity index is 376. The van der Waals surface area contributed by atoms with Crippen LogP contribution in [0.25, 0.3) is 0 Å². The van der Waals surface area contributed by atoms with Crippen molar-refractivity contribution in [1.29, 1.82) is 0 Å². The van der Waals surface area contributed by atoms with Gasteiger partial charge in [0.25, 0.3) is 0 Å². The minimum absolute atomic E-state index is 0.114. The molecule has 0 radical (unpaired) electrons. The van der Waals surface area contributed by atoms with Gasteiger partial charge in [-0.25, -0.2) is 0 Å². The van der Waals surface area contributed by atoms with Gasteiger partial charge < -0.3 is 15.8 Å². The summed E-state index contributed by atoms with van der Waals surface area (Å²) in [7, 11) is 1.78. The second kappa shape index (κ2) is 6.36. The van der Waals surface area contributed by atoms with Crippen molar-refractivity contribution >= 4 is 11.7 Å². The Morgan fingerprint density at radius 1 is 1.71 bits per heavy atom. The van der Waals surface area contributed by atoms with E-state index in [0.717, 1.165) is 5.69 Å². The van der Waals surface area contributed by atoms with Crippen LogP contribution in [0.4, 0.5) is 5.82 Å². The monoisotopic (exact) mass is 240 g/mol. The van der Waals surface area contributed by atoms with Crippen molar-refractivity contribution in [1.82, 2.24) is 9.78 Å². The van der Waals surface area contributed by atoms with E-state index in [1.165, 1.54) is 0 Å². The first-order valence-corrected chi connectivity index (χ1v) is 5.69. The fourth-order valence-electron chi connectivity index (χ4n) is 1.57. The van der Waals surface area contributed by atoms with Crippen LogP contribution in [-0.2, 0) is 16.6 Å². The van der Waals surface area contributed by atoms with Gasteiger partial charge in [0.1, 0.15) is 5.82 Å². The summed E-state index contributed by atoms with van der Waals surface area (Å²) < 4.78 is 6.96. The number of hydrogen-bond donors (Lipinski definition) is 2. The van der Waals surface area contributed by atoms with E-state index in [2.05, 4.69) is 10.4 Å². The maximum Gasteiger partial charge on any atom is 0.228 e. The summed E-state index contributed by atoms with van der Waals surface area (Å²) in [6, 6.07) is 1.82. The number of nitrogens with one attached hydrogen (secondary N) is 1. The molecule has 1 atom stereocenters. The summed E-state index contributed by atoms with van der Waals surface area (Å²) in [6.45, 7) is 4.65. The van der Waals surface area contributed by atoms with Crippen molar-refractivity contribution in [2.45, 2.75) is 26.4 Å². The lowest BCUT2D eigenvalue weighted by molar-refractivity contribution is -0.118. The zero-order chi connectivity index (χ0) is 12.8. The van der Waals surface area contributed by atoms with E-state index in [0.29, 0.717) is 19.0 Å². The lowest BCUT2D eigenvalue weighted by Gasteiger charge is -2.14. The summed E-state index contributed by atoms with van der Waals surface area (Å²) in [6.07, 6.45) is 0.0310. The lowest BCUT2D eigenvalue weighted by atomic mass is 10.2. The van der Waals surface area contributed by atoms with Crippen molar-refractivity contribution < 1.29 is 9.53 Å². The number of aromatic nitrogens is 2. The van der Waals surface area contributed by atoms with Gasteiger partial charge in [-0.3, -0.25) is 9.48 Å². The molecule has 1 aromatic heterocycles. The largest absolute Gasteiger partial charge is 0.377 e. The van der Waals surface area contributed by atoms with Crippen molar-refractivity contribution in [2.75, 3.05) is 18.5 Å². The first kappa shape index (κ1) is 13.7. The molecule has 1 aromatic rings. The molecule has 17 heavy (non-hydrogen) atoms. The van der Waals surface area contributed by atoms with Gasteiger partial charge in [0.15, 0.2) is 0 Å². The van der Waals surface area contributed by atoms with Crippen LogP contribution in [0, 0.1) is 6.92 Å². The maximum absolute atomic E-state index is 11.7. The number of aryl methyl sites for hydroxylation is 2. The highest BCUT2D eigenvalue weighted by Gasteiger charge is 2.13. The third-order valence-electron chi connectivity index (χ3n) is 2.35. The number of anilines is 1. The molecule has 6 heteroatoms. The zero-order valence-electron chi connectivity index (χ0n) is 10.6. The average molecular weight is 240 g/mol. The minimum atomic E-state index is -0.227. The Hall–Kier alpha value is -1.40. The number of ether oxygens (including phenoxy) is 1. The zero-order valence-corrected chi connectivity index (χ0v) is 10.6. The van der Waals surface area contributed by atoms with Crippen LogP contribution in [0.15, 0.2) is 6.07 Å². The first-order chi connectivity index (χ1) is 8.06. The van der Waals surface area contributed by atoms with Gasteiger partial charge in [0.05, 0.1) is 18.2 Å². The summed E-state index contributed by atoms with van der Waals surface area (Å²) in [5, 5.41) is 6.93. The van der Waals surface area contributed by atoms with Crippen LogP contribution in [0.1, 0.15) is 19.0 Å². The number of carbonyl (C=O) groups is 1. The maximum atomic E-state index is 11.7. The predicted molar refractivity (Wildman–Crippen MR) is 65.7 cm³/mol. The lowest BCUT2D eigenvalue weighted by Crippen LogP contribution is -2.29. The van der Waals surface area contributed by atoms with E-state index in [-0.39, 0.29) is 18.4 Å². The van der Waals surface area contributed by atoms with E-state index in [1.807, 2.05) is 19.9 Å². The Kier molecular flexibility index (Phi) is 5.11. The molecule has 1 heterocycles. The molecule has 0 spiro atoms. The average Bonchev–Trinajstić information content (AvgIpc) is 2.56. The van der Waals surface area contributed by atoms with Crippen LogP contribution in [0.2, 0.25) is 0 Å². The van der Waals surface area contributed by atoms with E-state index in [1.54, 1.807) is 11.7 Å². The molecule has 0 fully saturated rings. The van der Waals surface area contributed by atoms with Crippen LogP contribution < -0.4 is 11.1 Å². The highest BCUT2D eigenvalue weighted by atomic mass is 16.5. The third-order valence-corrected chi connectivity index (χ3v) is 2.35. The summed E-state index contributed by atoms with van der Waals surface area (Å²) >= 11 is 0. The van der Waals surface area contributed by atoms with Crippen molar-refractivity contribution in [3.63, 3.8) is 0 Å². The fraction of sp³-hybridized carbons (Fsp3) is 0.636. The molecule has 3 N–H and O–H groups in total. The summed E-state index contributed by atoms with van der Waals surface area (Å²) in [5.74, 6) is 0.566. The number of nitrogens with two attached hydrogens (primary N) is 1. The molecular weight excluding hydrogens is 220 g/mol. The van der Waals surface area contributed by atoms with Gasteiger partial charge >= 0.3 is 0 Å². The highest BCUT2D eigenvalue weighted by molar-refractivity contribution is 5.90. The Balaban J connectivity index is 2.51. The molecule has 0 aliphatic carbocycles. The fourth-order valence-corrected chi connectivity index (χ4v) is 1.57. The summed E-state index contributed by atoms with van der Waals surface area (Å²) in [4.78, 5) is 11.7. The Morgan fingerprint density at radius 2 is 2.41 bits per heavy atom. The Morgan fingerprint density at radius 3 is 2.88 bits per heavy atom. The van der Waals surface area contributed by atoms with Crippen molar-refractivity contribution in [2.24, 2.45) is 12.8 Å². The van der Waals surface area contributed by atoms with E-state index in [4.69, 9.17) is 10.5 Å². The standard InChI is InChI=1S/C11H20N4O2/c1-4-17-9(7-12)6-11(16)13-10-5-8(2)14-15(10)3/h5,9H,4,6-7,12H2,1-3H3,(H,13,16). The van der Waals surface area contributed by atoms with E-state index < -0.39 is 0 Å². The second-order valence-corrected chi connectivity index (χ2v) is 3.86. The van der Waals surface area contributed by atoms with Crippen LogP contribution in [-0.4, -0.2) is 34.9 Å². The topological polar surface area (TPSA) is 82.2 Å². The van der Waals surface area contributed by atoms with Gasteiger partial charge in [0.2, 0.25) is 5.91 Å². The normalized spacial score (nSPS) is 12.5. The van der Waals surface area contributed by atoms with Gasteiger partial charge in [-0.05, 0) is 13.8 Å². The minimum Gasteiger partial charge on any atom is -0.377 e. The molecule has 6 nitrogen and oxygen atoms in total. The van der Waals surface area contributed by atoms with Gasteiger partial charge in [0, 0.05) is 26.3 Å². The van der Waals surface area contributed by atoms with E-state index >= 15 is 0 Å².